The van der Waals surface area contributed by atoms with Crippen molar-refractivity contribution in [3.05, 3.63) is 0 Å². The molecule has 1 saturated carbocycles. The molecule has 1 fully saturated rings. The van der Waals surface area contributed by atoms with E-state index in [-0.39, 0.29) is 23.7 Å². The van der Waals surface area contributed by atoms with Crippen LogP contribution in [0.15, 0.2) is 0 Å². The zero-order valence-corrected chi connectivity index (χ0v) is 13.5. The van der Waals surface area contributed by atoms with Gasteiger partial charge in [0.1, 0.15) is 6.61 Å². The number of carbonyl (C=O) groups excluding carboxylic acids is 1. The van der Waals surface area contributed by atoms with Crippen molar-refractivity contribution in [1.29, 1.82) is 0 Å². The van der Waals surface area contributed by atoms with Crippen LogP contribution in [0.1, 0.15) is 27.2 Å². The van der Waals surface area contributed by atoms with Crippen LogP contribution in [0.4, 0.5) is 4.79 Å². The summed E-state index contributed by atoms with van der Waals surface area (Å²) < 4.78 is 11.2. The van der Waals surface area contributed by atoms with Crippen molar-refractivity contribution in [3.8, 4) is 12.3 Å². The van der Waals surface area contributed by atoms with Crippen molar-refractivity contribution in [2.24, 2.45) is 17.6 Å². The van der Waals surface area contributed by atoms with Gasteiger partial charge in [0, 0.05) is 11.8 Å². The maximum absolute atomic E-state index is 10.8. The van der Waals surface area contributed by atoms with E-state index in [1.54, 1.807) is 0 Å². The summed E-state index contributed by atoms with van der Waals surface area (Å²) in [5.74, 6) is 3.28. The molecule has 1 aliphatic carbocycles. The van der Waals surface area contributed by atoms with Gasteiger partial charge in [-0.3, -0.25) is 0 Å². The van der Waals surface area contributed by atoms with Crippen LogP contribution in [-0.4, -0.2) is 27.1 Å². The van der Waals surface area contributed by atoms with Crippen LogP contribution in [0.25, 0.3) is 0 Å². The van der Waals surface area contributed by atoms with Gasteiger partial charge >= 0.3 is 6.09 Å². The average Bonchev–Trinajstić information content (AvgIpc) is 3.01. The molecule has 19 heavy (non-hydrogen) atoms. The SMILES string of the molecule is C#C[C@H]1C[C@@H]1C(COC(N)=O)O[Si](C)(C)C(C)(C)C. The minimum Gasteiger partial charge on any atom is -0.447 e. The van der Waals surface area contributed by atoms with Gasteiger partial charge in [0.2, 0.25) is 0 Å². The summed E-state index contributed by atoms with van der Waals surface area (Å²) in [5.41, 5.74) is 5.03. The average molecular weight is 283 g/mol. The number of amides is 1. The van der Waals surface area contributed by atoms with Crippen molar-refractivity contribution >= 4 is 14.4 Å². The monoisotopic (exact) mass is 283 g/mol. The fourth-order valence-electron chi connectivity index (χ4n) is 1.78. The molecule has 0 aromatic heterocycles. The molecule has 0 aliphatic heterocycles. The van der Waals surface area contributed by atoms with Crippen molar-refractivity contribution in [2.45, 2.75) is 51.4 Å². The molecule has 0 saturated heterocycles. The second-order valence-corrected chi connectivity index (χ2v) is 11.5. The molecule has 0 aromatic rings. The van der Waals surface area contributed by atoms with Crippen LogP contribution in [-0.2, 0) is 9.16 Å². The van der Waals surface area contributed by atoms with E-state index in [0.717, 1.165) is 6.42 Å². The van der Waals surface area contributed by atoms with Crippen LogP contribution in [0.3, 0.4) is 0 Å². The minimum atomic E-state index is -1.91. The van der Waals surface area contributed by atoms with E-state index in [1.165, 1.54) is 0 Å². The minimum absolute atomic E-state index is 0.110. The Hall–Kier alpha value is -0.993. The second kappa shape index (κ2) is 5.56. The van der Waals surface area contributed by atoms with E-state index >= 15 is 0 Å². The Labute approximate surface area is 117 Å². The highest BCUT2D eigenvalue weighted by Gasteiger charge is 2.47. The lowest BCUT2D eigenvalue weighted by Gasteiger charge is -2.39. The molecule has 1 amide bonds. The number of carbonyl (C=O) groups is 1. The zero-order chi connectivity index (χ0) is 14.8. The number of terminal acetylenes is 1. The third-order valence-corrected chi connectivity index (χ3v) is 8.68. The van der Waals surface area contributed by atoms with Crippen molar-refractivity contribution in [2.75, 3.05) is 6.61 Å². The molecule has 0 radical (unpaired) electrons. The van der Waals surface area contributed by atoms with Gasteiger partial charge in [-0.05, 0) is 24.6 Å². The highest BCUT2D eigenvalue weighted by molar-refractivity contribution is 6.74. The summed E-state index contributed by atoms with van der Waals surface area (Å²) >= 11 is 0. The molecule has 2 N–H and O–H groups in total. The maximum Gasteiger partial charge on any atom is 0.404 e. The van der Waals surface area contributed by atoms with Crippen molar-refractivity contribution in [1.82, 2.24) is 0 Å². The quantitative estimate of drug-likeness (QED) is 0.623. The Morgan fingerprint density at radius 1 is 1.53 bits per heavy atom. The van der Waals surface area contributed by atoms with E-state index in [9.17, 15) is 4.79 Å². The standard InChI is InChI=1S/C14H25NO3Si/c1-7-10-8-11(10)12(9-17-13(15)16)18-19(5,6)14(2,3)4/h1,10-12H,8-9H2,2-6H3,(H2,15,16)/t10-,11-,12?/m0/s1. The first kappa shape index (κ1) is 16.1. The first-order valence-electron chi connectivity index (χ1n) is 6.64. The Kier molecular flexibility index (Phi) is 4.70. The third-order valence-electron chi connectivity index (χ3n) is 4.17. The molecule has 5 heteroatoms. The lowest BCUT2D eigenvalue weighted by atomic mass is 10.2. The van der Waals surface area contributed by atoms with Gasteiger partial charge < -0.3 is 14.9 Å². The predicted octanol–water partition coefficient (Wildman–Crippen LogP) is 2.74. The Morgan fingerprint density at radius 3 is 2.47 bits per heavy atom. The number of ether oxygens (including phenoxy) is 1. The van der Waals surface area contributed by atoms with Gasteiger partial charge in [-0.2, -0.15) is 0 Å². The predicted molar refractivity (Wildman–Crippen MR) is 78.0 cm³/mol. The smallest absolute Gasteiger partial charge is 0.404 e. The van der Waals surface area contributed by atoms with Crippen molar-refractivity contribution in [3.63, 3.8) is 0 Å². The van der Waals surface area contributed by atoms with E-state index in [1.807, 2.05) is 0 Å². The van der Waals surface area contributed by atoms with Crippen LogP contribution < -0.4 is 5.73 Å². The molecule has 1 rings (SSSR count). The van der Waals surface area contributed by atoms with Gasteiger partial charge in [-0.25, -0.2) is 4.79 Å². The second-order valence-electron chi connectivity index (χ2n) is 6.72. The molecule has 4 nitrogen and oxygen atoms in total. The number of hydrogen-bond acceptors (Lipinski definition) is 3. The van der Waals surface area contributed by atoms with Crippen LogP contribution in [0.2, 0.25) is 18.1 Å². The molecule has 0 aromatic carbocycles. The summed E-state index contributed by atoms with van der Waals surface area (Å²) in [7, 11) is -1.91. The van der Waals surface area contributed by atoms with Crippen LogP contribution in [0.5, 0.6) is 0 Å². The van der Waals surface area contributed by atoms with E-state index in [0.29, 0.717) is 5.92 Å². The number of primary amides is 1. The lowest BCUT2D eigenvalue weighted by molar-refractivity contribution is 0.0652. The lowest BCUT2D eigenvalue weighted by Crippen LogP contribution is -2.46. The highest BCUT2D eigenvalue weighted by atomic mass is 28.4. The molecular weight excluding hydrogens is 258 g/mol. The van der Waals surface area contributed by atoms with Gasteiger partial charge in [-0.15, -0.1) is 12.3 Å². The van der Waals surface area contributed by atoms with Crippen LogP contribution in [0, 0.1) is 24.2 Å². The largest absolute Gasteiger partial charge is 0.447 e. The maximum atomic E-state index is 10.8. The van der Waals surface area contributed by atoms with Gasteiger partial charge in [-0.1, -0.05) is 20.8 Å². The number of nitrogens with two attached hydrogens (primary N) is 1. The van der Waals surface area contributed by atoms with Crippen LogP contribution >= 0.6 is 0 Å². The van der Waals surface area contributed by atoms with Gasteiger partial charge in [0.05, 0.1) is 6.10 Å². The third kappa shape index (κ3) is 4.25. The molecule has 0 bridgehead atoms. The van der Waals surface area contributed by atoms with Gasteiger partial charge in [0.15, 0.2) is 8.32 Å². The molecule has 108 valence electrons. The topological polar surface area (TPSA) is 61.5 Å². The summed E-state index contributed by atoms with van der Waals surface area (Å²) in [6.45, 7) is 11.1. The summed E-state index contributed by atoms with van der Waals surface area (Å²) in [5, 5.41) is 0.110. The Morgan fingerprint density at radius 2 is 2.11 bits per heavy atom. The normalized spacial score (nSPS) is 24.4. The summed E-state index contributed by atoms with van der Waals surface area (Å²) in [4.78, 5) is 10.8. The van der Waals surface area contributed by atoms with E-state index < -0.39 is 14.4 Å². The van der Waals surface area contributed by atoms with Gasteiger partial charge in [0.25, 0.3) is 0 Å². The Bertz CT molecular complexity index is 381. The van der Waals surface area contributed by atoms with E-state index in [2.05, 4.69) is 39.8 Å². The molecule has 0 heterocycles. The number of rotatable bonds is 5. The van der Waals surface area contributed by atoms with E-state index in [4.69, 9.17) is 21.3 Å². The Balaban J connectivity index is 2.70. The number of hydrogen-bond donors (Lipinski definition) is 1. The fraction of sp³-hybridized carbons (Fsp3) is 0.786. The molecule has 3 atom stereocenters. The zero-order valence-electron chi connectivity index (χ0n) is 12.5. The highest BCUT2D eigenvalue weighted by Crippen LogP contribution is 2.45. The molecule has 0 spiro atoms. The molecular formula is C14H25NO3Si. The first-order chi connectivity index (χ1) is 8.58. The van der Waals surface area contributed by atoms with Crippen molar-refractivity contribution < 1.29 is 14.0 Å². The fourth-order valence-corrected chi connectivity index (χ4v) is 3.13. The first-order valence-corrected chi connectivity index (χ1v) is 9.55. The molecule has 1 unspecified atom stereocenters. The molecule has 1 aliphatic rings. The summed E-state index contributed by atoms with van der Waals surface area (Å²) in [6, 6.07) is 0. The summed E-state index contributed by atoms with van der Waals surface area (Å²) in [6.07, 6.45) is 5.49.